The minimum atomic E-state index is -4.11. The molecule has 0 aliphatic heterocycles. The maximum absolute atomic E-state index is 12.6. The average molecular weight is 449 g/mol. The van der Waals surface area contributed by atoms with Crippen LogP contribution in [-0.4, -0.2) is 62.7 Å². The molecule has 10 nitrogen and oxygen atoms in total. The number of carbonyl (C=O) groups is 2. The van der Waals surface area contributed by atoms with E-state index in [2.05, 4.69) is 15.7 Å². The Labute approximate surface area is 180 Å². The van der Waals surface area contributed by atoms with E-state index in [1.807, 2.05) is 0 Å². The predicted molar refractivity (Wildman–Crippen MR) is 114 cm³/mol. The van der Waals surface area contributed by atoms with Crippen LogP contribution >= 0.6 is 0 Å². The highest BCUT2D eigenvalue weighted by molar-refractivity contribution is 7.85. The Bertz CT molecular complexity index is 1020. The average Bonchev–Trinajstić information content (AvgIpc) is 2.71. The number of hydrogen-bond acceptors (Lipinski definition) is 7. The zero-order valence-electron chi connectivity index (χ0n) is 17.2. The SMILES string of the molecule is CN(C)N=Nc1ccc(C(=O)c2ccc(OCCC(=O)NCCS(=O)(=O)O)cc2)cc1. The molecule has 0 unspecified atom stereocenters. The molecule has 0 radical (unpaired) electrons. The summed E-state index contributed by atoms with van der Waals surface area (Å²) in [5.74, 6) is -0.607. The van der Waals surface area contributed by atoms with Crippen LogP contribution in [0.25, 0.3) is 0 Å². The Morgan fingerprint density at radius 1 is 1.03 bits per heavy atom. The van der Waals surface area contributed by atoms with Crippen molar-refractivity contribution in [3.8, 4) is 5.75 Å². The fourth-order valence-electron chi connectivity index (χ4n) is 2.36. The summed E-state index contributed by atoms with van der Waals surface area (Å²) in [6.07, 6.45) is 0.0175. The van der Waals surface area contributed by atoms with Crippen molar-refractivity contribution in [2.24, 2.45) is 10.3 Å². The number of ether oxygens (including phenoxy) is 1. The van der Waals surface area contributed by atoms with Gasteiger partial charge in [-0.2, -0.15) is 8.42 Å². The molecular formula is C20H24N4O6S. The van der Waals surface area contributed by atoms with Gasteiger partial charge in [-0.05, 0) is 48.5 Å². The summed E-state index contributed by atoms with van der Waals surface area (Å²) < 4.78 is 35.2. The van der Waals surface area contributed by atoms with E-state index in [-0.39, 0.29) is 25.4 Å². The van der Waals surface area contributed by atoms with Gasteiger partial charge >= 0.3 is 0 Å². The van der Waals surface area contributed by atoms with E-state index < -0.39 is 21.8 Å². The van der Waals surface area contributed by atoms with Crippen molar-refractivity contribution in [2.75, 3.05) is 33.0 Å². The Hall–Kier alpha value is -3.31. The van der Waals surface area contributed by atoms with Gasteiger partial charge in [-0.1, -0.05) is 5.22 Å². The molecule has 2 N–H and O–H groups in total. The van der Waals surface area contributed by atoms with E-state index in [9.17, 15) is 18.0 Å². The van der Waals surface area contributed by atoms with Crippen molar-refractivity contribution < 1.29 is 27.3 Å². The molecule has 11 heteroatoms. The van der Waals surface area contributed by atoms with Crippen LogP contribution in [0, 0.1) is 0 Å². The Kier molecular flexibility index (Phi) is 8.64. The lowest BCUT2D eigenvalue weighted by Crippen LogP contribution is -2.29. The van der Waals surface area contributed by atoms with Gasteiger partial charge in [0.15, 0.2) is 5.78 Å². The predicted octanol–water partition coefficient (Wildman–Crippen LogP) is 2.25. The van der Waals surface area contributed by atoms with Crippen LogP contribution in [0.3, 0.4) is 0 Å². The van der Waals surface area contributed by atoms with E-state index in [0.717, 1.165) is 0 Å². The minimum absolute atomic E-state index is 0.0175. The van der Waals surface area contributed by atoms with Crippen LogP contribution in [0.5, 0.6) is 5.75 Å². The molecule has 0 fully saturated rings. The van der Waals surface area contributed by atoms with E-state index in [4.69, 9.17) is 9.29 Å². The summed E-state index contributed by atoms with van der Waals surface area (Å²) in [4.78, 5) is 24.2. The van der Waals surface area contributed by atoms with Crippen molar-refractivity contribution in [1.82, 2.24) is 10.3 Å². The van der Waals surface area contributed by atoms with E-state index in [1.165, 1.54) is 0 Å². The summed E-state index contributed by atoms with van der Waals surface area (Å²) in [7, 11) is -0.584. The lowest BCUT2D eigenvalue weighted by molar-refractivity contribution is -0.121. The van der Waals surface area contributed by atoms with Crippen molar-refractivity contribution in [2.45, 2.75) is 6.42 Å². The molecule has 0 saturated heterocycles. The molecule has 0 bridgehead atoms. The largest absolute Gasteiger partial charge is 0.493 e. The normalized spacial score (nSPS) is 11.3. The number of nitrogens with one attached hydrogen (secondary N) is 1. The van der Waals surface area contributed by atoms with Gasteiger partial charge in [-0.15, -0.1) is 5.11 Å². The zero-order valence-corrected chi connectivity index (χ0v) is 18.0. The van der Waals surface area contributed by atoms with Crippen LogP contribution in [0.1, 0.15) is 22.3 Å². The number of rotatable bonds is 11. The topological polar surface area (TPSA) is 138 Å². The number of hydrogen-bond donors (Lipinski definition) is 2. The third-order valence-electron chi connectivity index (χ3n) is 3.87. The second-order valence-electron chi connectivity index (χ2n) is 6.67. The van der Waals surface area contributed by atoms with Gasteiger partial charge in [-0.3, -0.25) is 19.2 Å². The highest BCUT2D eigenvalue weighted by atomic mass is 32.2. The quantitative estimate of drug-likeness (QED) is 0.233. The number of amides is 1. The maximum Gasteiger partial charge on any atom is 0.266 e. The molecule has 1 amide bonds. The van der Waals surface area contributed by atoms with Crippen molar-refractivity contribution in [3.63, 3.8) is 0 Å². The summed E-state index contributed by atoms with van der Waals surface area (Å²) in [6.45, 7) is -0.0953. The van der Waals surface area contributed by atoms with Gasteiger partial charge in [0.1, 0.15) is 5.75 Å². The summed E-state index contributed by atoms with van der Waals surface area (Å²) in [5, 5.41) is 11.8. The third kappa shape index (κ3) is 8.93. The molecule has 2 aromatic rings. The first kappa shape index (κ1) is 24.0. The molecule has 31 heavy (non-hydrogen) atoms. The summed E-state index contributed by atoms with van der Waals surface area (Å²) in [6, 6.07) is 13.3. The van der Waals surface area contributed by atoms with Crippen molar-refractivity contribution in [1.29, 1.82) is 0 Å². The third-order valence-corrected chi connectivity index (χ3v) is 4.59. The molecule has 0 aromatic heterocycles. The fourth-order valence-corrected chi connectivity index (χ4v) is 2.72. The van der Waals surface area contributed by atoms with Crippen LogP contribution in [0.15, 0.2) is 58.9 Å². The van der Waals surface area contributed by atoms with Gasteiger partial charge in [0.2, 0.25) is 5.91 Å². The summed E-state index contributed by atoms with van der Waals surface area (Å²) >= 11 is 0. The molecule has 166 valence electrons. The van der Waals surface area contributed by atoms with Crippen LogP contribution in [0.2, 0.25) is 0 Å². The van der Waals surface area contributed by atoms with Crippen LogP contribution in [0.4, 0.5) is 5.69 Å². The highest BCUT2D eigenvalue weighted by Crippen LogP contribution is 2.18. The Balaban J connectivity index is 1.83. The summed E-state index contributed by atoms with van der Waals surface area (Å²) in [5.41, 5.74) is 1.63. The van der Waals surface area contributed by atoms with Crippen LogP contribution < -0.4 is 10.1 Å². The van der Waals surface area contributed by atoms with Gasteiger partial charge in [0, 0.05) is 31.8 Å². The molecule has 0 heterocycles. The standard InChI is InChI=1S/C20H24N4O6S/c1-24(2)23-22-17-7-3-15(4-8-17)20(26)16-5-9-18(10-6-16)30-13-11-19(25)21-12-14-31(27,28)29/h3-10H,11-14H2,1-2H3,(H,21,25)(H,27,28,29). The first-order valence-electron chi connectivity index (χ1n) is 9.32. The van der Waals surface area contributed by atoms with E-state index in [1.54, 1.807) is 67.6 Å². The molecule has 0 atom stereocenters. The molecule has 0 aliphatic carbocycles. The van der Waals surface area contributed by atoms with Crippen molar-refractivity contribution in [3.05, 3.63) is 59.7 Å². The molecule has 0 aliphatic rings. The molecular weight excluding hydrogens is 424 g/mol. The molecule has 2 aromatic carbocycles. The van der Waals surface area contributed by atoms with E-state index in [0.29, 0.717) is 22.6 Å². The highest BCUT2D eigenvalue weighted by Gasteiger charge is 2.10. The van der Waals surface area contributed by atoms with Crippen molar-refractivity contribution >= 4 is 27.5 Å². The number of carbonyl (C=O) groups excluding carboxylic acids is 2. The molecule has 0 saturated carbocycles. The first-order valence-corrected chi connectivity index (χ1v) is 10.9. The second-order valence-corrected chi connectivity index (χ2v) is 8.24. The lowest BCUT2D eigenvalue weighted by Gasteiger charge is -2.08. The zero-order chi connectivity index (χ0) is 22.9. The van der Waals surface area contributed by atoms with Gasteiger partial charge in [0.25, 0.3) is 10.1 Å². The van der Waals surface area contributed by atoms with Crippen LogP contribution in [-0.2, 0) is 14.9 Å². The number of nitrogens with zero attached hydrogens (tertiary/aromatic N) is 3. The monoisotopic (exact) mass is 448 g/mol. The smallest absolute Gasteiger partial charge is 0.266 e. The second kappa shape index (κ2) is 11.2. The first-order chi connectivity index (χ1) is 14.6. The maximum atomic E-state index is 12.6. The minimum Gasteiger partial charge on any atom is -0.493 e. The number of benzene rings is 2. The van der Waals surface area contributed by atoms with Gasteiger partial charge in [0.05, 0.1) is 24.5 Å². The molecule has 0 spiro atoms. The molecule has 2 rings (SSSR count). The Morgan fingerprint density at radius 3 is 2.16 bits per heavy atom. The number of ketones is 1. The van der Waals surface area contributed by atoms with Gasteiger partial charge < -0.3 is 10.1 Å². The van der Waals surface area contributed by atoms with E-state index >= 15 is 0 Å². The van der Waals surface area contributed by atoms with Gasteiger partial charge in [-0.25, -0.2) is 0 Å². The Morgan fingerprint density at radius 2 is 1.61 bits per heavy atom. The lowest BCUT2D eigenvalue weighted by atomic mass is 10.0. The fraction of sp³-hybridized carbons (Fsp3) is 0.300.